The first kappa shape index (κ1) is 18.0. The highest BCUT2D eigenvalue weighted by Gasteiger charge is 2.34. The van der Waals surface area contributed by atoms with Crippen LogP contribution in [-0.4, -0.2) is 18.4 Å². The molecule has 1 aliphatic rings. The number of nitriles is 1. The number of benzene rings is 2. The quantitative estimate of drug-likeness (QED) is 0.592. The van der Waals surface area contributed by atoms with E-state index in [0.29, 0.717) is 26.5 Å². The fourth-order valence-electron chi connectivity index (χ4n) is 2.42. The first-order valence-corrected chi connectivity index (χ1v) is 8.59. The fourth-order valence-corrected chi connectivity index (χ4v) is 3.36. The van der Waals surface area contributed by atoms with Crippen LogP contribution in [0.1, 0.15) is 5.56 Å². The van der Waals surface area contributed by atoms with Crippen molar-refractivity contribution in [3.05, 3.63) is 63.1 Å². The Kier molecular flexibility index (Phi) is 5.26. The van der Waals surface area contributed by atoms with Gasteiger partial charge in [-0.1, -0.05) is 29.8 Å². The number of ether oxygens (including phenoxy) is 1. The lowest BCUT2D eigenvalue weighted by molar-refractivity contribution is -0.117. The number of carbonyl (C=O) groups excluding carboxylic acids is 2. The van der Waals surface area contributed by atoms with Crippen molar-refractivity contribution in [3.63, 3.8) is 0 Å². The van der Waals surface area contributed by atoms with E-state index in [0.717, 1.165) is 0 Å². The summed E-state index contributed by atoms with van der Waals surface area (Å²) in [5.41, 5.74) is 3.41. The Hall–Kier alpha value is -2.82. The molecule has 0 aromatic heterocycles. The maximum atomic E-state index is 12.7. The van der Waals surface area contributed by atoms with E-state index in [2.05, 4.69) is 21.4 Å². The number of nitrogens with one attached hydrogen (secondary N) is 1. The Bertz CT molecular complexity index is 954. The minimum absolute atomic E-state index is 0.0650. The summed E-state index contributed by atoms with van der Waals surface area (Å²) in [5.74, 6) is -0.716. The molecule has 26 heavy (non-hydrogen) atoms. The number of anilines is 1. The molecule has 2 amide bonds. The highest BCUT2D eigenvalue weighted by molar-refractivity contribution is 9.10. The van der Waals surface area contributed by atoms with Crippen LogP contribution in [0.2, 0.25) is 5.02 Å². The van der Waals surface area contributed by atoms with Gasteiger partial charge in [-0.2, -0.15) is 5.26 Å². The number of nitrogens with zero attached hydrogens (tertiary/aromatic N) is 2. The second kappa shape index (κ2) is 7.60. The predicted molar refractivity (Wildman–Crippen MR) is 100 cm³/mol. The smallest absolute Gasteiger partial charge is 0.282 e. The second-order valence-corrected chi connectivity index (χ2v) is 6.52. The van der Waals surface area contributed by atoms with Crippen LogP contribution in [0.3, 0.4) is 0 Å². The fraction of sp³-hybridized carbons (Fsp3) is 0.0556. The van der Waals surface area contributed by atoms with Gasteiger partial charge in [0.25, 0.3) is 11.8 Å². The van der Waals surface area contributed by atoms with Crippen LogP contribution in [0.15, 0.2) is 52.5 Å². The van der Waals surface area contributed by atoms with Gasteiger partial charge in [-0.15, -0.1) is 0 Å². The van der Waals surface area contributed by atoms with E-state index < -0.39 is 11.8 Å². The Labute approximate surface area is 162 Å². The lowest BCUT2D eigenvalue weighted by Crippen LogP contribution is -2.35. The average molecular weight is 433 g/mol. The van der Waals surface area contributed by atoms with Crippen LogP contribution in [0.25, 0.3) is 6.08 Å². The number of hydrazine groups is 1. The summed E-state index contributed by atoms with van der Waals surface area (Å²) >= 11 is 9.38. The molecule has 0 unspecified atom stereocenters. The third-order valence-corrected chi connectivity index (χ3v) is 4.33. The van der Waals surface area contributed by atoms with Crippen LogP contribution in [0.5, 0.6) is 5.75 Å². The highest BCUT2D eigenvalue weighted by atomic mass is 79.9. The zero-order valence-electron chi connectivity index (χ0n) is 13.2. The van der Waals surface area contributed by atoms with E-state index in [1.165, 1.54) is 11.1 Å². The van der Waals surface area contributed by atoms with Crippen LogP contribution in [0, 0.1) is 11.3 Å². The van der Waals surface area contributed by atoms with E-state index in [9.17, 15) is 9.59 Å². The van der Waals surface area contributed by atoms with Crippen molar-refractivity contribution in [1.29, 1.82) is 5.26 Å². The lowest BCUT2D eigenvalue weighted by Gasteiger charge is -2.14. The number of rotatable bonds is 4. The van der Waals surface area contributed by atoms with Crippen LogP contribution < -0.4 is 15.2 Å². The van der Waals surface area contributed by atoms with Crippen molar-refractivity contribution in [2.24, 2.45) is 0 Å². The zero-order chi connectivity index (χ0) is 18.7. The van der Waals surface area contributed by atoms with Gasteiger partial charge in [0.1, 0.15) is 17.4 Å². The third-order valence-electron chi connectivity index (χ3n) is 3.52. The molecule has 0 bridgehead atoms. The van der Waals surface area contributed by atoms with E-state index in [1.54, 1.807) is 36.4 Å². The molecule has 0 radical (unpaired) electrons. The normalized spacial score (nSPS) is 15.1. The summed E-state index contributed by atoms with van der Waals surface area (Å²) in [7, 11) is 0. The van der Waals surface area contributed by atoms with Crippen molar-refractivity contribution in [2.45, 2.75) is 0 Å². The topological polar surface area (TPSA) is 82.4 Å². The molecule has 1 N–H and O–H groups in total. The summed E-state index contributed by atoms with van der Waals surface area (Å²) < 4.78 is 5.91. The molecule has 2 aromatic rings. The van der Waals surface area contributed by atoms with Crippen molar-refractivity contribution in [1.82, 2.24) is 5.43 Å². The summed E-state index contributed by atoms with van der Waals surface area (Å²) in [6, 6.07) is 13.8. The minimum atomic E-state index is -0.541. The van der Waals surface area contributed by atoms with Crippen molar-refractivity contribution < 1.29 is 14.3 Å². The SMILES string of the molecule is N#CCOc1c(Br)cc(Cl)cc1/C=C1/C(=O)NN(c2ccccc2)C1=O. The van der Waals surface area contributed by atoms with Gasteiger partial charge in [-0.05, 0) is 46.3 Å². The third kappa shape index (κ3) is 3.57. The molecule has 0 aliphatic carbocycles. The first-order valence-electron chi connectivity index (χ1n) is 7.42. The van der Waals surface area contributed by atoms with Crippen molar-refractivity contribution >= 4 is 51.1 Å². The molecule has 0 spiro atoms. The molecule has 130 valence electrons. The summed E-state index contributed by atoms with van der Waals surface area (Å²) in [5, 5.41) is 10.3. The van der Waals surface area contributed by atoms with E-state index in [1.807, 2.05) is 12.1 Å². The summed E-state index contributed by atoms with van der Waals surface area (Å²) in [4.78, 5) is 24.9. The maximum Gasteiger partial charge on any atom is 0.282 e. The highest BCUT2D eigenvalue weighted by Crippen LogP contribution is 2.35. The molecule has 1 saturated heterocycles. The van der Waals surface area contributed by atoms with E-state index in [-0.39, 0.29) is 12.2 Å². The number of hydrogen-bond donors (Lipinski definition) is 1. The monoisotopic (exact) mass is 431 g/mol. The largest absolute Gasteiger partial charge is 0.477 e. The van der Waals surface area contributed by atoms with Gasteiger partial charge in [-0.3, -0.25) is 15.0 Å². The van der Waals surface area contributed by atoms with Gasteiger partial charge in [0, 0.05) is 10.6 Å². The summed E-state index contributed by atoms with van der Waals surface area (Å²) in [6.45, 7) is -0.188. The molecule has 1 aliphatic heterocycles. The standard InChI is InChI=1S/C18H11BrClN3O3/c19-15-10-12(20)8-11(16(15)26-7-6-21)9-14-17(24)22-23(18(14)25)13-4-2-1-3-5-13/h1-5,8-10H,7H2,(H,22,24)/b14-9-. The van der Waals surface area contributed by atoms with Gasteiger partial charge in [-0.25, -0.2) is 5.01 Å². The lowest BCUT2D eigenvalue weighted by atomic mass is 10.1. The Balaban J connectivity index is 2.01. The molecule has 2 aromatic carbocycles. The number of halogens is 2. The number of amides is 2. The van der Waals surface area contributed by atoms with Crippen LogP contribution in [0.4, 0.5) is 5.69 Å². The van der Waals surface area contributed by atoms with Gasteiger partial charge in [0.05, 0.1) is 10.2 Å². The Morgan fingerprint density at radius 3 is 2.69 bits per heavy atom. The number of carbonyl (C=O) groups is 2. The molecule has 0 saturated carbocycles. The number of para-hydroxylation sites is 1. The number of hydrogen-bond acceptors (Lipinski definition) is 4. The average Bonchev–Trinajstić information content (AvgIpc) is 2.90. The molecular formula is C18H11BrClN3O3. The van der Waals surface area contributed by atoms with Gasteiger partial charge in [0.2, 0.25) is 0 Å². The molecule has 1 fully saturated rings. The molecule has 0 atom stereocenters. The van der Waals surface area contributed by atoms with Crippen LogP contribution in [-0.2, 0) is 9.59 Å². The molecular weight excluding hydrogens is 422 g/mol. The van der Waals surface area contributed by atoms with E-state index in [4.69, 9.17) is 21.6 Å². The zero-order valence-corrected chi connectivity index (χ0v) is 15.5. The van der Waals surface area contributed by atoms with Gasteiger partial charge >= 0.3 is 0 Å². The molecule has 8 heteroatoms. The molecule has 3 rings (SSSR count). The summed E-state index contributed by atoms with van der Waals surface area (Å²) in [6.07, 6.45) is 1.39. The maximum absolute atomic E-state index is 12.7. The second-order valence-electron chi connectivity index (χ2n) is 5.23. The minimum Gasteiger partial charge on any atom is -0.477 e. The predicted octanol–water partition coefficient (Wildman–Crippen LogP) is 3.47. The first-order chi connectivity index (χ1) is 12.5. The van der Waals surface area contributed by atoms with Crippen molar-refractivity contribution in [3.8, 4) is 11.8 Å². The van der Waals surface area contributed by atoms with E-state index >= 15 is 0 Å². The Morgan fingerprint density at radius 1 is 1.27 bits per heavy atom. The van der Waals surface area contributed by atoms with Gasteiger partial charge < -0.3 is 4.74 Å². The Morgan fingerprint density at radius 2 is 2.00 bits per heavy atom. The van der Waals surface area contributed by atoms with Crippen molar-refractivity contribution in [2.75, 3.05) is 11.6 Å². The molecule has 6 nitrogen and oxygen atoms in total. The van der Waals surface area contributed by atoms with Crippen LogP contribution >= 0.6 is 27.5 Å². The van der Waals surface area contributed by atoms with Gasteiger partial charge in [0.15, 0.2) is 6.61 Å². The molecule has 1 heterocycles.